The number of hydrogen-bond acceptors (Lipinski definition) is 4. The molecule has 0 aromatic heterocycles. The van der Waals surface area contributed by atoms with Gasteiger partial charge in [-0.25, -0.2) is 0 Å². The predicted molar refractivity (Wildman–Crippen MR) is 48.5 cm³/mol. The number of carbonyl (C=O) groups excluding carboxylic acids is 1. The van der Waals surface area contributed by atoms with E-state index in [-0.39, 0.29) is 5.97 Å². The summed E-state index contributed by atoms with van der Waals surface area (Å²) in [6.07, 6.45) is 0.916. The molecule has 4 nitrogen and oxygen atoms in total. The lowest BCUT2D eigenvalue weighted by molar-refractivity contribution is -0.141. The first-order valence-corrected chi connectivity index (χ1v) is 4.72. The maximum Gasteiger partial charge on any atom is 0.302 e. The minimum Gasteiger partial charge on any atom is -0.466 e. The second kappa shape index (κ2) is 5.94. The number of esters is 1. The Bertz CT molecular complexity index is 155. The van der Waals surface area contributed by atoms with Gasteiger partial charge in [0.2, 0.25) is 0 Å². The molecule has 0 aromatic carbocycles. The zero-order valence-electron chi connectivity index (χ0n) is 8.12. The summed E-state index contributed by atoms with van der Waals surface area (Å²) in [6.45, 7) is 6.62. The molecule has 0 radical (unpaired) electrons. The van der Waals surface area contributed by atoms with Gasteiger partial charge in [0.05, 0.1) is 19.8 Å². The fourth-order valence-electron chi connectivity index (χ4n) is 1.33. The smallest absolute Gasteiger partial charge is 0.302 e. The molecule has 1 fully saturated rings. The van der Waals surface area contributed by atoms with Crippen LogP contribution in [0.3, 0.4) is 0 Å². The van der Waals surface area contributed by atoms with E-state index in [1.807, 2.05) is 0 Å². The van der Waals surface area contributed by atoms with Crippen LogP contribution < -0.4 is 0 Å². The average molecular weight is 187 g/mol. The summed E-state index contributed by atoms with van der Waals surface area (Å²) < 4.78 is 10.1. The van der Waals surface area contributed by atoms with E-state index in [0.717, 1.165) is 39.3 Å². The molecular weight excluding hydrogens is 170 g/mol. The van der Waals surface area contributed by atoms with E-state index < -0.39 is 0 Å². The summed E-state index contributed by atoms with van der Waals surface area (Å²) in [5.74, 6) is -0.193. The van der Waals surface area contributed by atoms with Gasteiger partial charge < -0.3 is 9.47 Å². The van der Waals surface area contributed by atoms with Gasteiger partial charge in [-0.2, -0.15) is 0 Å². The number of carbonyl (C=O) groups is 1. The molecule has 0 N–H and O–H groups in total. The van der Waals surface area contributed by atoms with Crippen molar-refractivity contribution in [3.05, 3.63) is 0 Å². The highest BCUT2D eigenvalue weighted by Gasteiger charge is 2.09. The van der Waals surface area contributed by atoms with Crippen LogP contribution in [0.2, 0.25) is 0 Å². The highest BCUT2D eigenvalue weighted by atomic mass is 16.5. The van der Waals surface area contributed by atoms with E-state index in [1.54, 1.807) is 0 Å². The molecule has 1 rings (SSSR count). The van der Waals surface area contributed by atoms with E-state index in [0.29, 0.717) is 6.61 Å². The van der Waals surface area contributed by atoms with Crippen molar-refractivity contribution in [3.8, 4) is 0 Å². The summed E-state index contributed by atoms with van der Waals surface area (Å²) >= 11 is 0. The Morgan fingerprint density at radius 2 is 2.15 bits per heavy atom. The molecule has 0 spiro atoms. The van der Waals surface area contributed by atoms with Gasteiger partial charge in [-0.3, -0.25) is 9.69 Å². The molecule has 0 aromatic rings. The van der Waals surface area contributed by atoms with Crippen LogP contribution in [-0.4, -0.2) is 50.3 Å². The average Bonchev–Trinajstić information content (AvgIpc) is 2.14. The van der Waals surface area contributed by atoms with E-state index in [9.17, 15) is 4.79 Å². The largest absolute Gasteiger partial charge is 0.466 e. The molecule has 0 saturated carbocycles. The molecule has 1 aliphatic heterocycles. The monoisotopic (exact) mass is 187 g/mol. The fourth-order valence-corrected chi connectivity index (χ4v) is 1.33. The first kappa shape index (κ1) is 10.5. The van der Waals surface area contributed by atoms with E-state index in [2.05, 4.69) is 4.90 Å². The van der Waals surface area contributed by atoms with E-state index >= 15 is 0 Å². The summed E-state index contributed by atoms with van der Waals surface area (Å²) in [5, 5.41) is 0. The predicted octanol–water partition coefficient (Wildman–Crippen LogP) is 0.272. The highest BCUT2D eigenvalue weighted by Crippen LogP contribution is 1.97. The highest BCUT2D eigenvalue weighted by molar-refractivity contribution is 5.65. The van der Waals surface area contributed by atoms with Crippen molar-refractivity contribution in [2.75, 3.05) is 39.5 Å². The van der Waals surface area contributed by atoms with Crippen molar-refractivity contribution < 1.29 is 14.3 Å². The second-order valence-electron chi connectivity index (χ2n) is 3.15. The van der Waals surface area contributed by atoms with Gasteiger partial charge in [-0.05, 0) is 6.42 Å². The topological polar surface area (TPSA) is 38.8 Å². The molecule has 1 aliphatic rings. The molecule has 0 unspecified atom stereocenters. The molecular formula is C9H17NO3. The Balaban J connectivity index is 1.95. The van der Waals surface area contributed by atoms with Crippen molar-refractivity contribution in [2.24, 2.45) is 0 Å². The lowest BCUT2D eigenvalue weighted by Crippen LogP contribution is -2.37. The van der Waals surface area contributed by atoms with Gasteiger partial charge in [0.15, 0.2) is 0 Å². The fraction of sp³-hybridized carbons (Fsp3) is 0.889. The Morgan fingerprint density at radius 1 is 1.46 bits per heavy atom. The Morgan fingerprint density at radius 3 is 2.77 bits per heavy atom. The molecule has 0 bridgehead atoms. The summed E-state index contributed by atoms with van der Waals surface area (Å²) in [7, 11) is 0. The van der Waals surface area contributed by atoms with Crippen molar-refractivity contribution in [3.63, 3.8) is 0 Å². The Labute approximate surface area is 78.8 Å². The van der Waals surface area contributed by atoms with E-state index in [1.165, 1.54) is 6.92 Å². The second-order valence-corrected chi connectivity index (χ2v) is 3.15. The standard InChI is InChI=1S/C9H17NO3/c1-9(11)13-6-2-3-10-4-7-12-8-5-10/h2-8H2,1H3. The zero-order chi connectivity index (χ0) is 9.52. The number of ether oxygens (including phenoxy) is 2. The molecule has 4 heteroatoms. The quantitative estimate of drug-likeness (QED) is 0.468. The van der Waals surface area contributed by atoms with Crippen LogP contribution in [0.25, 0.3) is 0 Å². The van der Waals surface area contributed by atoms with Crippen LogP contribution in [0, 0.1) is 0 Å². The normalized spacial score (nSPS) is 18.5. The number of nitrogens with zero attached hydrogens (tertiary/aromatic N) is 1. The number of morpholine rings is 1. The molecule has 0 aliphatic carbocycles. The lowest BCUT2D eigenvalue weighted by Gasteiger charge is -2.26. The number of rotatable bonds is 4. The third kappa shape index (κ3) is 4.85. The Hall–Kier alpha value is -0.610. The van der Waals surface area contributed by atoms with Gasteiger partial charge in [0.1, 0.15) is 0 Å². The third-order valence-corrected chi connectivity index (χ3v) is 2.03. The minimum atomic E-state index is -0.193. The van der Waals surface area contributed by atoms with E-state index in [4.69, 9.17) is 9.47 Å². The summed E-state index contributed by atoms with van der Waals surface area (Å²) in [5.41, 5.74) is 0. The zero-order valence-corrected chi connectivity index (χ0v) is 8.12. The van der Waals surface area contributed by atoms with Crippen LogP contribution in [0.1, 0.15) is 13.3 Å². The van der Waals surface area contributed by atoms with Crippen molar-refractivity contribution in [1.82, 2.24) is 4.90 Å². The van der Waals surface area contributed by atoms with Crippen LogP contribution >= 0.6 is 0 Å². The molecule has 13 heavy (non-hydrogen) atoms. The van der Waals surface area contributed by atoms with Crippen LogP contribution in [0.4, 0.5) is 0 Å². The maximum atomic E-state index is 10.4. The van der Waals surface area contributed by atoms with Crippen molar-refractivity contribution in [2.45, 2.75) is 13.3 Å². The molecule has 76 valence electrons. The molecule has 1 heterocycles. The summed E-state index contributed by atoms with van der Waals surface area (Å²) in [6, 6.07) is 0. The lowest BCUT2D eigenvalue weighted by atomic mass is 10.3. The summed E-state index contributed by atoms with van der Waals surface area (Å²) in [4.78, 5) is 12.8. The van der Waals surface area contributed by atoms with Gasteiger partial charge in [0, 0.05) is 26.6 Å². The molecule has 0 atom stereocenters. The van der Waals surface area contributed by atoms with Gasteiger partial charge >= 0.3 is 5.97 Å². The van der Waals surface area contributed by atoms with Gasteiger partial charge in [-0.1, -0.05) is 0 Å². The minimum absolute atomic E-state index is 0.193. The van der Waals surface area contributed by atoms with Crippen LogP contribution in [0.5, 0.6) is 0 Å². The van der Waals surface area contributed by atoms with Crippen LogP contribution in [0.15, 0.2) is 0 Å². The first-order valence-electron chi connectivity index (χ1n) is 4.72. The third-order valence-electron chi connectivity index (χ3n) is 2.03. The molecule has 1 saturated heterocycles. The number of hydrogen-bond donors (Lipinski definition) is 0. The Kier molecular flexibility index (Phi) is 4.78. The van der Waals surface area contributed by atoms with Crippen molar-refractivity contribution in [1.29, 1.82) is 0 Å². The maximum absolute atomic E-state index is 10.4. The SMILES string of the molecule is CC(=O)OCCCN1CCOCC1. The first-order chi connectivity index (χ1) is 6.29. The van der Waals surface area contributed by atoms with Crippen LogP contribution in [-0.2, 0) is 14.3 Å². The molecule has 0 amide bonds. The van der Waals surface area contributed by atoms with Gasteiger partial charge in [-0.15, -0.1) is 0 Å². The van der Waals surface area contributed by atoms with Gasteiger partial charge in [0.25, 0.3) is 0 Å². The van der Waals surface area contributed by atoms with Crippen molar-refractivity contribution >= 4 is 5.97 Å².